The number of benzene rings is 3. The highest BCUT2D eigenvalue weighted by Gasteiger charge is 2.16. The van der Waals surface area contributed by atoms with Gasteiger partial charge < -0.3 is 10.1 Å². The van der Waals surface area contributed by atoms with Crippen molar-refractivity contribution < 1.29 is 4.74 Å². The van der Waals surface area contributed by atoms with Crippen molar-refractivity contribution in [2.45, 2.75) is 26.4 Å². The predicted molar refractivity (Wildman–Crippen MR) is 131 cm³/mol. The first-order chi connectivity index (χ1) is 16.2. The van der Waals surface area contributed by atoms with Crippen molar-refractivity contribution in [1.82, 2.24) is 24.9 Å². The van der Waals surface area contributed by atoms with Crippen LogP contribution in [-0.4, -0.2) is 26.7 Å². The summed E-state index contributed by atoms with van der Waals surface area (Å²) < 4.78 is 9.35. The van der Waals surface area contributed by atoms with Gasteiger partial charge in [0, 0.05) is 41.0 Å². The summed E-state index contributed by atoms with van der Waals surface area (Å²) in [7, 11) is 1.67. The number of methoxy groups -OCH3 is 1. The van der Waals surface area contributed by atoms with Gasteiger partial charge >= 0.3 is 0 Å². The Morgan fingerprint density at radius 2 is 1.67 bits per heavy atom. The molecule has 6 heteroatoms. The molecule has 0 aliphatic carbocycles. The van der Waals surface area contributed by atoms with Gasteiger partial charge in [-0.2, -0.15) is 10.2 Å². The van der Waals surface area contributed by atoms with Crippen molar-refractivity contribution in [2.75, 3.05) is 7.11 Å². The molecule has 3 aromatic carbocycles. The van der Waals surface area contributed by atoms with Crippen molar-refractivity contribution in [3.8, 4) is 17.1 Å². The van der Waals surface area contributed by atoms with Crippen LogP contribution in [0.25, 0.3) is 22.1 Å². The average Bonchev–Trinajstić information content (AvgIpc) is 3.49. The molecule has 2 aromatic heterocycles. The Labute approximate surface area is 193 Å². The number of hydrogen-bond donors (Lipinski definition) is 1. The van der Waals surface area contributed by atoms with Crippen LogP contribution in [0.1, 0.15) is 29.8 Å². The highest BCUT2D eigenvalue weighted by Crippen LogP contribution is 2.26. The smallest absolute Gasteiger partial charge is 0.144 e. The van der Waals surface area contributed by atoms with Crippen LogP contribution in [0, 0.1) is 6.92 Å². The van der Waals surface area contributed by atoms with Gasteiger partial charge in [-0.1, -0.05) is 48.5 Å². The maximum absolute atomic E-state index is 5.46. The molecule has 0 spiro atoms. The Hall–Kier alpha value is -3.90. The van der Waals surface area contributed by atoms with Gasteiger partial charge in [0.15, 0.2) is 0 Å². The second-order valence-corrected chi connectivity index (χ2v) is 8.16. The third kappa shape index (κ3) is 4.01. The van der Waals surface area contributed by atoms with Crippen LogP contribution < -0.4 is 10.1 Å². The summed E-state index contributed by atoms with van der Waals surface area (Å²) in [5.74, 6) is 0.796. The fraction of sp³-hybridized carbons (Fsp3) is 0.185. The van der Waals surface area contributed by atoms with Gasteiger partial charge in [0.2, 0.25) is 0 Å². The molecule has 5 rings (SSSR count). The van der Waals surface area contributed by atoms with E-state index in [1.165, 1.54) is 16.3 Å². The molecule has 33 heavy (non-hydrogen) atoms. The van der Waals surface area contributed by atoms with E-state index in [1.54, 1.807) is 7.11 Å². The summed E-state index contributed by atoms with van der Waals surface area (Å²) in [6.07, 6.45) is 5.88. The molecule has 0 bridgehead atoms. The minimum atomic E-state index is 0.142. The number of hydrogen-bond acceptors (Lipinski definition) is 4. The summed E-state index contributed by atoms with van der Waals surface area (Å²) >= 11 is 0. The standard InChI is InChI=1S/C27H27N5O/c1-19(28-15-21-16-29-31(18-21)26-12-6-7-14-27(26)33-3)24-17-30-32(20(24)2)25-13-8-10-22-9-4-5-11-23(22)25/h4-14,16-19,28H,15H2,1-3H3. The van der Waals surface area contributed by atoms with Crippen molar-refractivity contribution in [3.05, 3.63) is 102 Å². The number of nitrogens with zero attached hydrogens (tertiary/aromatic N) is 4. The molecule has 166 valence electrons. The van der Waals surface area contributed by atoms with E-state index >= 15 is 0 Å². The lowest BCUT2D eigenvalue weighted by molar-refractivity contribution is 0.411. The summed E-state index contributed by atoms with van der Waals surface area (Å²) in [4.78, 5) is 0. The van der Waals surface area contributed by atoms with E-state index in [1.807, 2.05) is 52.2 Å². The number of fused-ring (bicyclic) bond motifs is 1. The first-order valence-electron chi connectivity index (χ1n) is 11.1. The number of para-hydroxylation sites is 2. The Kier molecular flexibility index (Phi) is 5.67. The largest absolute Gasteiger partial charge is 0.494 e. The molecule has 1 N–H and O–H groups in total. The van der Waals surface area contributed by atoms with Gasteiger partial charge in [0.1, 0.15) is 11.4 Å². The van der Waals surface area contributed by atoms with Crippen molar-refractivity contribution >= 4 is 10.8 Å². The highest BCUT2D eigenvalue weighted by molar-refractivity contribution is 5.90. The van der Waals surface area contributed by atoms with Gasteiger partial charge in [-0.25, -0.2) is 9.36 Å². The van der Waals surface area contributed by atoms with Crippen LogP contribution >= 0.6 is 0 Å². The number of ether oxygens (including phenoxy) is 1. The lowest BCUT2D eigenvalue weighted by Gasteiger charge is -2.14. The Bertz CT molecular complexity index is 1400. The molecule has 1 atom stereocenters. The molecule has 1 unspecified atom stereocenters. The highest BCUT2D eigenvalue weighted by atomic mass is 16.5. The SMILES string of the molecule is COc1ccccc1-n1cc(CNC(C)c2cnn(-c3cccc4ccccc34)c2C)cn1. The fourth-order valence-electron chi connectivity index (χ4n) is 4.27. The van der Waals surface area contributed by atoms with Gasteiger partial charge in [-0.05, 0) is 37.4 Å². The molecular formula is C27H27N5O. The zero-order valence-electron chi connectivity index (χ0n) is 19.1. The third-order valence-electron chi connectivity index (χ3n) is 6.09. The van der Waals surface area contributed by atoms with Gasteiger partial charge in [0.05, 0.1) is 25.2 Å². The van der Waals surface area contributed by atoms with Crippen LogP contribution in [0.4, 0.5) is 0 Å². The molecule has 5 aromatic rings. The summed E-state index contributed by atoms with van der Waals surface area (Å²) in [5, 5.41) is 15.3. The zero-order chi connectivity index (χ0) is 22.8. The van der Waals surface area contributed by atoms with Crippen LogP contribution in [0.2, 0.25) is 0 Å². The quantitative estimate of drug-likeness (QED) is 0.371. The third-order valence-corrected chi connectivity index (χ3v) is 6.09. The van der Waals surface area contributed by atoms with Crippen molar-refractivity contribution in [3.63, 3.8) is 0 Å². The summed E-state index contributed by atoms with van der Waals surface area (Å²) in [6, 6.07) is 22.8. The maximum Gasteiger partial charge on any atom is 0.144 e. The second kappa shape index (κ2) is 8.92. The molecular weight excluding hydrogens is 410 g/mol. The predicted octanol–water partition coefficient (Wildman–Crippen LogP) is 5.38. The first-order valence-corrected chi connectivity index (χ1v) is 11.1. The van der Waals surface area contributed by atoms with Crippen LogP contribution in [0.5, 0.6) is 5.75 Å². The van der Waals surface area contributed by atoms with E-state index < -0.39 is 0 Å². The fourth-order valence-corrected chi connectivity index (χ4v) is 4.27. The molecule has 0 saturated carbocycles. The molecule has 0 fully saturated rings. The van der Waals surface area contributed by atoms with E-state index in [0.29, 0.717) is 6.54 Å². The van der Waals surface area contributed by atoms with Gasteiger partial charge in [-0.3, -0.25) is 0 Å². The van der Waals surface area contributed by atoms with Gasteiger partial charge in [0.25, 0.3) is 0 Å². The normalized spacial score (nSPS) is 12.2. The lowest BCUT2D eigenvalue weighted by Crippen LogP contribution is -2.18. The molecule has 0 radical (unpaired) electrons. The molecule has 0 amide bonds. The van der Waals surface area contributed by atoms with Crippen LogP contribution in [-0.2, 0) is 6.54 Å². The Balaban J connectivity index is 1.33. The summed E-state index contributed by atoms with van der Waals surface area (Å²) in [6.45, 7) is 5.00. The molecule has 2 heterocycles. The number of nitrogens with one attached hydrogen (secondary N) is 1. The first kappa shape index (κ1) is 21.0. The van der Waals surface area contributed by atoms with E-state index in [-0.39, 0.29) is 6.04 Å². The molecule has 0 saturated heterocycles. The van der Waals surface area contributed by atoms with Crippen molar-refractivity contribution in [1.29, 1.82) is 0 Å². The van der Waals surface area contributed by atoms with E-state index in [0.717, 1.165) is 28.4 Å². The monoisotopic (exact) mass is 437 g/mol. The summed E-state index contributed by atoms with van der Waals surface area (Å²) in [5.41, 5.74) is 5.44. The molecule has 6 nitrogen and oxygen atoms in total. The van der Waals surface area contributed by atoms with Crippen LogP contribution in [0.15, 0.2) is 85.3 Å². The number of rotatable bonds is 7. The Morgan fingerprint density at radius 1 is 0.909 bits per heavy atom. The van der Waals surface area contributed by atoms with E-state index in [9.17, 15) is 0 Å². The minimum Gasteiger partial charge on any atom is -0.494 e. The average molecular weight is 438 g/mol. The number of aromatic nitrogens is 4. The topological polar surface area (TPSA) is 56.9 Å². The minimum absolute atomic E-state index is 0.142. The zero-order valence-corrected chi connectivity index (χ0v) is 19.1. The van der Waals surface area contributed by atoms with E-state index in [4.69, 9.17) is 9.84 Å². The van der Waals surface area contributed by atoms with Crippen molar-refractivity contribution in [2.24, 2.45) is 0 Å². The van der Waals surface area contributed by atoms with E-state index in [2.05, 4.69) is 66.7 Å². The van der Waals surface area contributed by atoms with Gasteiger partial charge in [-0.15, -0.1) is 0 Å². The molecule has 0 aliphatic rings. The Morgan fingerprint density at radius 3 is 2.55 bits per heavy atom. The lowest BCUT2D eigenvalue weighted by atomic mass is 10.1. The second-order valence-electron chi connectivity index (χ2n) is 8.16. The maximum atomic E-state index is 5.46. The van der Waals surface area contributed by atoms with Crippen LogP contribution in [0.3, 0.4) is 0 Å². The molecule has 0 aliphatic heterocycles.